The van der Waals surface area contributed by atoms with Crippen LogP contribution in [-0.4, -0.2) is 45.3 Å². The number of rotatable bonds is 5. The maximum absolute atomic E-state index is 11.9. The van der Waals surface area contributed by atoms with E-state index in [1.54, 1.807) is 0 Å². The molecule has 3 N–H and O–H groups in total. The summed E-state index contributed by atoms with van der Waals surface area (Å²) in [5.74, 6) is 2.45. The lowest BCUT2D eigenvalue weighted by Gasteiger charge is -2.21. The van der Waals surface area contributed by atoms with Gasteiger partial charge in [0.25, 0.3) is 0 Å². The van der Waals surface area contributed by atoms with Crippen molar-refractivity contribution in [3.8, 4) is 0 Å². The van der Waals surface area contributed by atoms with E-state index in [1.165, 1.54) is 0 Å². The summed E-state index contributed by atoms with van der Waals surface area (Å²) in [5.41, 5.74) is -0.240. The van der Waals surface area contributed by atoms with Crippen LogP contribution in [0.25, 0.3) is 0 Å². The second-order valence-electron chi connectivity index (χ2n) is 6.63. The number of aliphatic imine (C=N–C) groups is 1. The average molecular weight is 449 g/mol. The van der Waals surface area contributed by atoms with Crippen molar-refractivity contribution in [1.82, 2.24) is 30.7 Å². The van der Waals surface area contributed by atoms with Crippen LogP contribution in [-0.2, 0) is 24.3 Å². The lowest BCUT2D eigenvalue weighted by molar-refractivity contribution is -0.121. The van der Waals surface area contributed by atoms with E-state index >= 15 is 0 Å². The summed E-state index contributed by atoms with van der Waals surface area (Å²) in [6.45, 7) is 10.2. The van der Waals surface area contributed by atoms with Gasteiger partial charge in [0.15, 0.2) is 11.8 Å². The molecule has 1 amide bonds. The van der Waals surface area contributed by atoms with Crippen LogP contribution in [0.4, 0.5) is 0 Å². The Morgan fingerprint density at radius 2 is 2.04 bits per heavy atom. The number of hydrogen-bond acceptors (Lipinski definition) is 4. The lowest BCUT2D eigenvalue weighted by atomic mass is 10.1. The highest BCUT2D eigenvalue weighted by atomic mass is 127. The van der Waals surface area contributed by atoms with Gasteiger partial charge in [0, 0.05) is 25.0 Å². The van der Waals surface area contributed by atoms with Gasteiger partial charge in [-0.1, -0.05) is 0 Å². The summed E-state index contributed by atoms with van der Waals surface area (Å²) in [6.07, 6.45) is 2.11. The van der Waals surface area contributed by atoms with Crippen molar-refractivity contribution in [3.63, 3.8) is 0 Å². The van der Waals surface area contributed by atoms with E-state index in [1.807, 2.05) is 27.7 Å². The molecule has 0 aliphatic carbocycles. The molecule has 136 valence electrons. The minimum atomic E-state index is -0.240. The van der Waals surface area contributed by atoms with Crippen molar-refractivity contribution in [1.29, 1.82) is 0 Å². The summed E-state index contributed by atoms with van der Waals surface area (Å²) in [5, 5.41) is 17.4. The summed E-state index contributed by atoms with van der Waals surface area (Å²) < 4.78 is 2.12. The molecule has 1 aromatic heterocycles. The van der Waals surface area contributed by atoms with Crippen LogP contribution in [0.3, 0.4) is 0 Å². The number of amides is 1. The number of nitrogens with one attached hydrogen (secondary N) is 3. The molecule has 2 heterocycles. The van der Waals surface area contributed by atoms with Crippen molar-refractivity contribution in [2.45, 2.75) is 59.2 Å². The maximum atomic E-state index is 11.9. The molecular weight excluding hydrogens is 421 g/mol. The Bertz CT molecular complexity index is 577. The predicted molar refractivity (Wildman–Crippen MR) is 104 cm³/mol. The monoisotopic (exact) mass is 449 g/mol. The second kappa shape index (κ2) is 9.19. The Kier molecular flexibility index (Phi) is 7.91. The van der Waals surface area contributed by atoms with E-state index < -0.39 is 0 Å². The molecule has 0 spiro atoms. The molecule has 1 aromatic rings. The highest BCUT2D eigenvalue weighted by Gasteiger charge is 2.17. The average Bonchev–Trinajstić information content (AvgIpc) is 3.03. The molecule has 24 heavy (non-hydrogen) atoms. The fraction of sp³-hybridized carbons (Fsp3) is 0.733. The third-order valence-electron chi connectivity index (χ3n) is 3.34. The summed E-state index contributed by atoms with van der Waals surface area (Å²) in [7, 11) is 0. The molecule has 0 aromatic carbocycles. The molecule has 0 bridgehead atoms. The van der Waals surface area contributed by atoms with Crippen molar-refractivity contribution < 1.29 is 4.79 Å². The number of aromatic nitrogens is 3. The fourth-order valence-corrected chi connectivity index (χ4v) is 2.45. The molecule has 2 rings (SSSR count). The van der Waals surface area contributed by atoms with Gasteiger partial charge in [-0.15, -0.1) is 34.2 Å². The third-order valence-corrected chi connectivity index (χ3v) is 3.34. The van der Waals surface area contributed by atoms with Gasteiger partial charge in [-0.3, -0.25) is 4.79 Å². The van der Waals surface area contributed by atoms with E-state index in [-0.39, 0.29) is 42.0 Å². The minimum absolute atomic E-state index is 0. The summed E-state index contributed by atoms with van der Waals surface area (Å²) in [6, 6.07) is 0. The van der Waals surface area contributed by atoms with Crippen molar-refractivity contribution in [2.75, 3.05) is 13.1 Å². The molecule has 0 atom stereocenters. The van der Waals surface area contributed by atoms with E-state index in [0.29, 0.717) is 12.5 Å². The van der Waals surface area contributed by atoms with Crippen LogP contribution in [0.5, 0.6) is 0 Å². The second-order valence-corrected chi connectivity index (χ2v) is 6.63. The Labute approximate surface area is 160 Å². The van der Waals surface area contributed by atoms with Crippen LogP contribution >= 0.6 is 24.0 Å². The minimum Gasteiger partial charge on any atom is -0.357 e. The van der Waals surface area contributed by atoms with E-state index in [2.05, 4.69) is 35.7 Å². The number of aryl methyl sites for hydroxylation is 1. The first-order valence-electron chi connectivity index (χ1n) is 8.13. The van der Waals surface area contributed by atoms with Crippen LogP contribution in [0.1, 0.15) is 45.8 Å². The molecule has 0 radical (unpaired) electrons. The molecule has 9 heteroatoms. The van der Waals surface area contributed by atoms with Gasteiger partial charge in [0.2, 0.25) is 5.91 Å². The zero-order valence-corrected chi connectivity index (χ0v) is 17.2. The summed E-state index contributed by atoms with van der Waals surface area (Å²) in [4.78, 5) is 16.4. The maximum Gasteiger partial charge on any atom is 0.239 e. The third kappa shape index (κ3) is 6.25. The van der Waals surface area contributed by atoms with Gasteiger partial charge in [0.1, 0.15) is 12.4 Å². The SMILES string of the molecule is CCNC(=NCc1nnc2n1CCC2)NCC(=O)NC(C)(C)C.I. The first-order valence-corrected chi connectivity index (χ1v) is 8.13. The summed E-state index contributed by atoms with van der Waals surface area (Å²) >= 11 is 0. The Morgan fingerprint density at radius 3 is 2.71 bits per heavy atom. The van der Waals surface area contributed by atoms with Gasteiger partial charge >= 0.3 is 0 Å². The normalized spacial score (nSPS) is 13.9. The number of carbonyl (C=O) groups excluding carboxylic acids is 1. The molecular formula is C15H28IN7O. The molecule has 8 nitrogen and oxygen atoms in total. The fourth-order valence-electron chi connectivity index (χ4n) is 2.45. The van der Waals surface area contributed by atoms with Crippen molar-refractivity contribution in [2.24, 2.45) is 4.99 Å². The van der Waals surface area contributed by atoms with E-state index in [0.717, 1.165) is 37.6 Å². The van der Waals surface area contributed by atoms with Crippen LogP contribution < -0.4 is 16.0 Å². The highest BCUT2D eigenvalue weighted by Crippen LogP contribution is 2.14. The largest absolute Gasteiger partial charge is 0.357 e. The number of nitrogens with zero attached hydrogens (tertiary/aromatic N) is 4. The van der Waals surface area contributed by atoms with Gasteiger partial charge in [0.05, 0.1) is 6.54 Å². The predicted octanol–water partition coefficient (Wildman–Crippen LogP) is 0.812. The van der Waals surface area contributed by atoms with Crippen LogP contribution in [0.2, 0.25) is 0 Å². The molecule has 0 fully saturated rings. The topological polar surface area (TPSA) is 96.2 Å². The Hall–Kier alpha value is -1.39. The number of halogens is 1. The van der Waals surface area contributed by atoms with Crippen LogP contribution in [0.15, 0.2) is 4.99 Å². The first kappa shape index (κ1) is 20.7. The van der Waals surface area contributed by atoms with Gasteiger partial charge in [-0.05, 0) is 34.1 Å². The van der Waals surface area contributed by atoms with Crippen LogP contribution in [0, 0.1) is 0 Å². The smallest absolute Gasteiger partial charge is 0.239 e. The molecule has 1 aliphatic rings. The first-order chi connectivity index (χ1) is 10.9. The van der Waals surface area contributed by atoms with E-state index in [9.17, 15) is 4.79 Å². The Balaban J connectivity index is 0.00000288. The number of guanidine groups is 1. The van der Waals surface area contributed by atoms with Gasteiger partial charge in [-0.2, -0.15) is 0 Å². The molecule has 1 aliphatic heterocycles. The van der Waals surface area contributed by atoms with Crippen molar-refractivity contribution in [3.05, 3.63) is 11.6 Å². The molecule has 0 saturated heterocycles. The number of carbonyl (C=O) groups is 1. The van der Waals surface area contributed by atoms with E-state index in [4.69, 9.17) is 0 Å². The lowest BCUT2D eigenvalue weighted by Crippen LogP contribution is -2.48. The number of hydrogen-bond donors (Lipinski definition) is 3. The van der Waals surface area contributed by atoms with Crippen molar-refractivity contribution >= 4 is 35.8 Å². The van der Waals surface area contributed by atoms with Gasteiger partial charge in [-0.25, -0.2) is 4.99 Å². The highest BCUT2D eigenvalue weighted by molar-refractivity contribution is 14.0. The quantitative estimate of drug-likeness (QED) is 0.352. The standard InChI is InChI=1S/C15H27N7O.HI/c1-5-16-14(18-10-13(23)19-15(2,3)4)17-9-12-21-20-11-7-6-8-22(11)12;/h5-10H2,1-4H3,(H,19,23)(H2,16,17,18);1H. The zero-order chi connectivity index (χ0) is 16.9. The zero-order valence-electron chi connectivity index (χ0n) is 14.8. The number of fused-ring (bicyclic) bond motifs is 1. The Morgan fingerprint density at radius 1 is 1.29 bits per heavy atom. The molecule has 0 unspecified atom stereocenters. The molecule has 0 saturated carbocycles. The van der Waals surface area contributed by atoms with Gasteiger partial charge < -0.3 is 20.5 Å².